The fraction of sp³-hybridized carbons (Fsp3) is 0.500. The molecule has 1 heterocycles. The van der Waals surface area contributed by atoms with Crippen LogP contribution in [0, 0.1) is 0 Å². The Labute approximate surface area is 132 Å². The quantitative estimate of drug-likeness (QED) is 0.853. The Morgan fingerprint density at radius 1 is 1.36 bits per heavy atom. The van der Waals surface area contributed by atoms with E-state index in [2.05, 4.69) is 34.7 Å². The van der Waals surface area contributed by atoms with E-state index in [-0.39, 0.29) is 0 Å². The molecule has 0 spiro atoms. The van der Waals surface area contributed by atoms with Gasteiger partial charge in [-0.25, -0.2) is 0 Å². The summed E-state index contributed by atoms with van der Waals surface area (Å²) in [5.41, 5.74) is 2.78. The summed E-state index contributed by atoms with van der Waals surface area (Å²) >= 11 is 0. The van der Waals surface area contributed by atoms with Crippen molar-refractivity contribution in [1.82, 2.24) is 15.1 Å². The number of nitrogens with zero attached hydrogens (tertiary/aromatic N) is 2. The molecular weight excluding hydrogens is 274 g/mol. The van der Waals surface area contributed by atoms with Gasteiger partial charge in [-0.2, -0.15) is 5.10 Å². The zero-order valence-corrected chi connectivity index (χ0v) is 13.4. The number of hydrogen-bond acceptors (Lipinski definition) is 3. The summed E-state index contributed by atoms with van der Waals surface area (Å²) in [6, 6.07) is 9.00. The number of aromatic nitrogens is 2. The lowest BCUT2D eigenvalue weighted by Crippen LogP contribution is -2.37. The topological polar surface area (TPSA) is 50.1 Å². The minimum atomic E-state index is -0.907. The minimum absolute atomic E-state index is 0.321. The van der Waals surface area contributed by atoms with Crippen LogP contribution in [0.3, 0.4) is 0 Å². The molecule has 2 N–H and O–H groups in total. The van der Waals surface area contributed by atoms with Crippen LogP contribution in [0.25, 0.3) is 0 Å². The van der Waals surface area contributed by atoms with Crippen LogP contribution in [0.15, 0.2) is 36.7 Å². The van der Waals surface area contributed by atoms with Crippen LogP contribution >= 0.6 is 0 Å². The van der Waals surface area contributed by atoms with E-state index in [0.29, 0.717) is 12.6 Å². The van der Waals surface area contributed by atoms with Crippen molar-refractivity contribution in [3.8, 4) is 0 Å². The van der Waals surface area contributed by atoms with Gasteiger partial charge in [-0.05, 0) is 37.3 Å². The molecule has 0 radical (unpaired) electrons. The van der Waals surface area contributed by atoms with Crippen molar-refractivity contribution < 1.29 is 5.11 Å². The van der Waals surface area contributed by atoms with E-state index in [1.165, 1.54) is 24.0 Å². The largest absolute Gasteiger partial charge is 0.384 e. The first kappa shape index (κ1) is 15.3. The predicted octanol–water partition coefficient (Wildman–Crippen LogP) is 2.68. The summed E-state index contributed by atoms with van der Waals surface area (Å²) in [4.78, 5) is 0. The van der Waals surface area contributed by atoms with Crippen molar-refractivity contribution in [2.75, 3.05) is 6.54 Å². The summed E-state index contributed by atoms with van der Waals surface area (Å²) in [5, 5.41) is 18.5. The molecule has 4 nitrogen and oxygen atoms in total. The highest BCUT2D eigenvalue weighted by Crippen LogP contribution is 2.29. The lowest BCUT2D eigenvalue weighted by molar-refractivity contribution is 0.0533. The fourth-order valence-corrected chi connectivity index (χ4v) is 3.26. The van der Waals surface area contributed by atoms with E-state index in [1.807, 2.05) is 20.2 Å². The Bertz CT molecular complexity index is 633. The maximum absolute atomic E-state index is 10.7. The Hall–Kier alpha value is -1.65. The molecule has 0 saturated heterocycles. The molecule has 0 bridgehead atoms. The molecule has 0 saturated carbocycles. The van der Waals surface area contributed by atoms with Crippen LogP contribution in [-0.2, 0) is 19.1 Å². The zero-order valence-electron chi connectivity index (χ0n) is 13.4. The van der Waals surface area contributed by atoms with Crippen LogP contribution in [0.5, 0.6) is 0 Å². The SMILES string of the molecule is Cn1cc(C(C)(O)CNC2CCCCc3ccccc32)cn1. The fourth-order valence-electron chi connectivity index (χ4n) is 3.26. The third-order valence-corrected chi connectivity index (χ3v) is 4.64. The molecule has 2 atom stereocenters. The first-order valence-corrected chi connectivity index (χ1v) is 8.09. The Morgan fingerprint density at radius 2 is 2.18 bits per heavy atom. The second kappa shape index (κ2) is 6.23. The number of benzene rings is 1. The summed E-state index contributed by atoms with van der Waals surface area (Å²) in [6.07, 6.45) is 8.37. The molecule has 22 heavy (non-hydrogen) atoms. The molecule has 0 amide bonds. The molecule has 0 aliphatic heterocycles. The van der Waals surface area contributed by atoms with Gasteiger partial charge in [-0.1, -0.05) is 30.7 Å². The smallest absolute Gasteiger partial charge is 0.102 e. The first-order chi connectivity index (χ1) is 10.6. The van der Waals surface area contributed by atoms with Gasteiger partial charge < -0.3 is 10.4 Å². The summed E-state index contributed by atoms with van der Waals surface area (Å²) in [5.74, 6) is 0. The molecule has 3 rings (SSSR count). The van der Waals surface area contributed by atoms with Gasteiger partial charge in [0.15, 0.2) is 0 Å². The van der Waals surface area contributed by atoms with E-state index in [9.17, 15) is 5.11 Å². The molecular formula is C18H25N3O. The molecule has 1 aromatic heterocycles. The van der Waals surface area contributed by atoms with Crippen LogP contribution in [0.1, 0.15) is 48.9 Å². The van der Waals surface area contributed by atoms with Crippen molar-refractivity contribution in [3.63, 3.8) is 0 Å². The summed E-state index contributed by atoms with van der Waals surface area (Å²) in [6.45, 7) is 2.37. The first-order valence-electron chi connectivity index (χ1n) is 8.09. The van der Waals surface area contributed by atoms with Gasteiger partial charge in [0.2, 0.25) is 0 Å². The molecule has 2 aromatic rings. The van der Waals surface area contributed by atoms with Gasteiger partial charge in [0, 0.05) is 31.4 Å². The molecule has 1 aliphatic carbocycles. The molecule has 0 fully saturated rings. The molecule has 1 aromatic carbocycles. The van der Waals surface area contributed by atoms with E-state index in [0.717, 1.165) is 18.4 Å². The van der Waals surface area contributed by atoms with Crippen LogP contribution < -0.4 is 5.32 Å². The van der Waals surface area contributed by atoms with Gasteiger partial charge in [0.05, 0.1) is 6.20 Å². The molecule has 2 unspecified atom stereocenters. The molecule has 118 valence electrons. The Balaban J connectivity index is 1.73. The van der Waals surface area contributed by atoms with Crippen molar-refractivity contribution in [2.45, 2.75) is 44.2 Å². The number of aliphatic hydroxyl groups is 1. The Kier molecular flexibility index (Phi) is 4.32. The molecule has 1 aliphatic rings. The van der Waals surface area contributed by atoms with Gasteiger partial charge in [-0.15, -0.1) is 0 Å². The van der Waals surface area contributed by atoms with E-state index in [4.69, 9.17) is 0 Å². The monoisotopic (exact) mass is 299 g/mol. The van der Waals surface area contributed by atoms with E-state index < -0.39 is 5.60 Å². The third-order valence-electron chi connectivity index (χ3n) is 4.64. The number of aryl methyl sites for hydroxylation is 2. The highest BCUT2D eigenvalue weighted by molar-refractivity contribution is 5.31. The second-order valence-electron chi connectivity index (χ2n) is 6.55. The standard InChI is InChI=1S/C18H25N3O/c1-18(22,15-11-20-21(2)12-15)13-19-17-10-6-4-8-14-7-3-5-9-16(14)17/h3,5,7,9,11-12,17,19,22H,4,6,8,10,13H2,1-2H3. The zero-order chi connectivity index (χ0) is 15.6. The number of fused-ring (bicyclic) bond motifs is 1. The van der Waals surface area contributed by atoms with Gasteiger partial charge in [0.1, 0.15) is 5.60 Å². The van der Waals surface area contributed by atoms with Crippen molar-refractivity contribution >= 4 is 0 Å². The second-order valence-corrected chi connectivity index (χ2v) is 6.55. The average Bonchev–Trinajstić information content (AvgIpc) is 2.84. The van der Waals surface area contributed by atoms with Crippen molar-refractivity contribution in [2.24, 2.45) is 7.05 Å². The van der Waals surface area contributed by atoms with Gasteiger partial charge in [-0.3, -0.25) is 4.68 Å². The normalized spacial score (nSPS) is 21.0. The lowest BCUT2D eigenvalue weighted by atomic mass is 9.96. The maximum atomic E-state index is 10.7. The predicted molar refractivity (Wildman–Crippen MR) is 87.5 cm³/mol. The maximum Gasteiger partial charge on any atom is 0.102 e. The average molecular weight is 299 g/mol. The van der Waals surface area contributed by atoms with Gasteiger partial charge >= 0.3 is 0 Å². The highest BCUT2D eigenvalue weighted by Gasteiger charge is 2.27. The molecule has 4 heteroatoms. The number of nitrogens with one attached hydrogen (secondary N) is 1. The van der Waals surface area contributed by atoms with Crippen molar-refractivity contribution in [3.05, 3.63) is 53.3 Å². The van der Waals surface area contributed by atoms with Crippen LogP contribution in [0.2, 0.25) is 0 Å². The number of rotatable bonds is 4. The third kappa shape index (κ3) is 3.23. The Morgan fingerprint density at radius 3 is 2.95 bits per heavy atom. The van der Waals surface area contributed by atoms with E-state index in [1.54, 1.807) is 10.9 Å². The lowest BCUT2D eigenvalue weighted by Gasteiger charge is -2.27. The van der Waals surface area contributed by atoms with Crippen LogP contribution in [0.4, 0.5) is 0 Å². The van der Waals surface area contributed by atoms with E-state index >= 15 is 0 Å². The van der Waals surface area contributed by atoms with Crippen molar-refractivity contribution in [1.29, 1.82) is 0 Å². The van der Waals surface area contributed by atoms with Gasteiger partial charge in [0.25, 0.3) is 0 Å². The van der Waals surface area contributed by atoms with Crippen LogP contribution in [-0.4, -0.2) is 21.4 Å². The highest BCUT2D eigenvalue weighted by atomic mass is 16.3. The minimum Gasteiger partial charge on any atom is -0.384 e. The number of hydrogen-bond donors (Lipinski definition) is 2. The summed E-state index contributed by atoms with van der Waals surface area (Å²) < 4.78 is 1.73. The summed E-state index contributed by atoms with van der Waals surface area (Å²) in [7, 11) is 1.87.